The molecule has 0 amide bonds. The maximum absolute atomic E-state index is 11.5. The zero-order valence-corrected chi connectivity index (χ0v) is 10.7. The van der Waals surface area contributed by atoms with E-state index in [2.05, 4.69) is 14.7 Å². The third kappa shape index (κ3) is 4.96. The summed E-state index contributed by atoms with van der Waals surface area (Å²) >= 11 is 11.0. The van der Waals surface area contributed by atoms with Crippen molar-refractivity contribution < 1.29 is 8.42 Å². The smallest absolute Gasteiger partial charge is 0.233 e. The van der Waals surface area contributed by atoms with Gasteiger partial charge in [0.2, 0.25) is 15.3 Å². The number of unbranched alkanes of at least 4 members (excludes halogenated alkanes) is 1. The highest BCUT2D eigenvalue weighted by atomic mass is 35.5. The molecule has 0 unspecified atom stereocenters. The van der Waals surface area contributed by atoms with Crippen LogP contribution in [0.5, 0.6) is 0 Å². The monoisotopic (exact) mass is 283 g/mol. The van der Waals surface area contributed by atoms with Crippen molar-refractivity contribution in [3.8, 4) is 0 Å². The van der Waals surface area contributed by atoms with Crippen LogP contribution in [0.4, 0.5) is 5.82 Å². The van der Waals surface area contributed by atoms with Gasteiger partial charge >= 0.3 is 0 Å². The zero-order valence-electron chi connectivity index (χ0n) is 8.36. The number of nitrogens with one attached hydrogen (secondary N) is 1. The van der Waals surface area contributed by atoms with E-state index in [0.29, 0.717) is 18.7 Å². The van der Waals surface area contributed by atoms with E-state index in [9.17, 15) is 8.42 Å². The number of rotatable bonds is 6. The summed E-state index contributed by atoms with van der Waals surface area (Å²) in [4.78, 5) is 7.37. The molecule has 5 nitrogen and oxygen atoms in total. The average molecular weight is 284 g/mol. The molecule has 0 fully saturated rings. The molecule has 8 heteroatoms. The van der Waals surface area contributed by atoms with Gasteiger partial charge in [0, 0.05) is 12.1 Å². The number of anilines is 1. The Morgan fingerprint density at radius 1 is 1.38 bits per heavy atom. The van der Waals surface area contributed by atoms with Crippen LogP contribution in [0, 0.1) is 0 Å². The molecule has 0 saturated carbocycles. The summed E-state index contributed by atoms with van der Waals surface area (Å²) < 4.78 is 25.4. The van der Waals surface area contributed by atoms with Crippen LogP contribution in [0.1, 0.15) is 12.8 Å². The van der Waals surface area contributed by atoms with Crippen LogP contribution < -0.4 is 4.72 Å². The topological polar surface area (TPSA) is 72.0 Å². The van der Waals surface area contributed by atoms with Crippen LogP contribution in [0.2, 0.25) is 5.28 Å². The van der Waals surface area contributed by atoms with Gasteiger partial charge in [0.05, 0.1) is 5.75 Å². The Bertz CT molecular complexity index is 439. The first kappa shape index (κ1) is 13.5. The van der Waals surface area contributed by atoms with Crippen LogP contribution in [0.3, 0.4) is 0 Å². The fourth-order valence-corrected chi connectivity index (χ4v) is 2.44. The van der Waals surface area contributed by atoms with Crippen LogP contribution in [0.25, 0.3) is 0 Å². The highest BCUT2D eigenvalue weighted by Crippen LogP contribution is 2.09. The molecule has 1 rings (SSSR count). The first-order valence-corrected chi connectivity index (χ1v) is 7.15. The lowest BCUT2D eigenvalue weighted by Gasteiger charge is -2.06. The summed E-state index contributed by atoms with van der Waals surface area (Å²) in [5.74, 6) is 0.641. The quantitative estimate of drug-likeness (QED) is 0.492. The number of nitrogens with zero attached hydrogens (tertiary/aromatic N) is 2. The third-order valence-electron chi connectivity index (χ3n) is 1.68. The van der Waals surface area contributed by atoms with E-state index in [1.54, 1.807) is 0 Å². The molecule has 0 aliphatic heterocycles. The fraction of sp³-hybridized carbons (Fsp3) is 0.500. The Morgan fingerprint density at radius 2 is 2.12 bits per heavy atom. The van der Waals surface area contributed by atoms with E-state index >= 15 is 0 Å². The van der Waals surface area contributed by atoms with E-state index in [1.807, 2.05) is 0 Å². The number of aromatic nitrogens is 2. The van der Waals surface area contributed by atoms with Gasteiger partial charge in [-0.15, -0.1) is 11.6 Å². The summed E-state index contributed by atoms with van der Waals surface area (Å²) in [6.07, 6.45) is 2.55. The summed E-state index contributed by atoms with van der Waals surface area (Å²) in [6.45, 7) is 0. The molecule has 0 spiro atoms. The standard InChI is InChI=1S/C8H11Cl2N3O2S/c9-4-1-2-6-16(14,15)13-7-3-5-11-8(10)12-7/h3,5H,1-2,4,6H2,(H,11,12,13). The second-order valence-electron chi connectivity index (χ2n) is 3.03. The minimum absolute atomic E-state index is 0.000887. The summed E-state index contributed by atoms with van der Waals surface area (Å²) in [5.41, 5.74) is 0. The molecule has 1 N–H and O–H groups in total. The molecule has 0 bridgehead atoms. The second kappa shape index (κ2) is 6.22. The molecule has 1 aromatic heterocycles. The molecular formula is C8H11Cl2N3O2S. The Balaban J connectivity index is 2.59. The number of hydrogen-bond acceptors (Lipinski definition) is 4. The van der Waals surface area contributed by atoms with Crippen molar-refractivity contribution in [2.45, 2.75) is 12.8 Å². The Hall–Kier alpha value is -0.590. The molecule has 0 radical (unpaired) electrons. The fourth-order valence-electron chi connectivity index (χ4n) is 0.989. The molecule has 0 aliphatic carbocycles. The number of sulfonamides is 1. The summed E-state index contributed by atoms with van der Waals surface area (Å²) in [5, 5.41) is 0.000887. The van der Waals surface area contributed by atoms with Crippen molar-refractivity contribution in [1.29, 1.82) is 0 Å². The van der Waals surface area contributed by atoms with E-state index in [1.165, 1.54) is 12.3 Å². The molecule has 16 heavy (non-hydrogen) atoms. The number of hydrogen-bond donors (Lipinski definition) is 1. The van der Waals surface area contributed by atoms with Crippen LogP contribution in [-0.2, 0) is 10.0 Å². The Morgan fingerprint density at radius 3 is 2.75 bits per heavy atom. The summed E-state index contributed by atoms with van der Waals surface area (Å²) in [7, 11) is -3.38. The number of halogens is 2. The average Bonchev–Trinajstić information content (AvgIpc) is 2.17. The normalized spacial score (nSPS) is 11.4. The molecule has 1 heterocycles. The van der Waals surface area contributed by atoms with Crippen molar-refractivity contribution in [2.24, 2.45) is 0 Å². The van der Waals surface area contributed by atoms with Gasteiger partial charge in [-0.3, -0.25) is 4.72 Å². The summed E-state index contributed by atoms with van der Waals surface area (Å²) in [6, 6.07) is 1.44. The third-order valence-corrected chi connectivity index (χ3v) is 3.48. The van der Waals surface area contributed by atoms with E-state index < -0.39 is 10.0 Å². The molecule has 0 aliphatic rings. The number of alkyl halides is 1. The molecule has 0 saturated heterocycles. The molecular weight excluding hydrogens is 273 g/mol. The van der Waals surface area contributed by atoms with Gasteiger partial charge in [0.15, 0.2) is 0 Å². The first-order chi connectivity index (χ1) is 7.53. The van der Waals surface area contributed by atoms with Gasteiger partial charge in [-0.05, 0) is 30.5 Å². The SMILES string of the molecule is O=S(=O)(CCCCCl)Nc1ccnc(Cl)n1. The van der Waals surface area contributed by atoms with Crippen LogP contribution in [0.15, 0.2) is 12.3 Å². The predicted octanol–water partition coefficient (Wildman–Crippen LogP) is 1.89. The largest absolute Gasteiger partial charge is 0.267 e. The maximum Gasteiger partial charge on any atom is 0.233 e. The predicted molar refractivity (Wildman–Crippen MR) is 64.4 cm³/mol. The lowest BCUT2D eigenvalue weighted by molar-refractivity contribution is 0.598. The maximum atomic E-state index is 11.5. The molecule has 0 atom stereocenters. The van der Waals surface area contributed by atoms with E-state index in [4.69, 9.17) is 23.2 Å². The molecule has 1 aromatic rings. The van der Waals surface area contributed by atoms with E-state index in [0.717, 1.165) is 0 Å². The zero-order chi connectivity index (χ0) is 12.0. The van der Waals surface area contributed by atoms with Crippen molar-refractivity contribution in [1.82, 2.24) is 9.97 Å². The van der Waals surface area contributed by atoms with Crippen molar-refractivity contribution in [3.63, 3.8) is 0 Å². The lowest BCUT2D eigenvalue weighted by Crippen LogP contribution is -2.17. The van der Waals surface area contributed by atoms with Gasteiger partial charge in [0.25, 0.3) is 0 Å². The van der Waals surface area contributed by atoms with Gasteiger partial charge in [-0.25, -0.2) is 13.4 Å². The van der Waals surface area contributed by atoms with Crippen molar-refractivity contribution >= 4 is 39.0 Å². The van der Waals surface area contributed by atoms with Crippen LogP contribution >= 0.6 is 23.2 Å². The molecule has 90 valence electrons. The first-order valence-electron chi connectivity index (χ1n) is 4.58. The molecule has 0 aromatic carbocycles. The lowest BCUT2D eigenvalue weighted by atomic mass is 10.4. The van der Waals surface area contributed by atoms with Crippen molar-refractivity contribution in [2.75, 3.05) is 16.4 Å². The Labute approximate surface area is 104 Å². The van der Waals surface area contributed by atoms with Crippen molar-refractivity contribution in [3.05, 3.63) is 17.5 Å². The van der Waals surface area contributed by atoms with Gasteiger partial charge in [-0.1, -0.05) is 0 Å². The highest BCUT2D eigenvalue weighted by molar-refractivity contribution is 7.92. The Kier molecular flexibility index (Phi) is 5.24. The van der Waals surface area contributed by atoms with Crippen LogP contribution in [-0.4, -0.2) is 30.0 Å². The highest BCUT2D eigenvalue weighted by Gasteiger charge is 2.10. The van der Waals surface area contributed by atoms with Gasteiger partial charge < -0.3 is 0 Å². The van der Waals surface area contributed by atoms with E-state index in [-0.39, 0.29) is 16.9 Å². The minimum atomic E-state index is -3.38. The van der Waals surface area contributed by atoms with Gasteiger partial charge in [0.1, 0.15) is 5.82 Å². The second-order valence-corrected chi connectivity index (χ2v) is 5.59. The minimum Gasteiger partial charge on any atom is -0.267 e. The van der Waals surface area contributed by atoms with Gasteiger partial charge in [-0.2, -0.15) is 4.98 Å².